The largest absolute Gasteiger partial charge is 0.394 e. The predicted molar refractivity (Wildman–Crippen MR) is 203 cm³/mol. The van der Waals surface area contributed by atoms with E-state index >= 15 is 0 Å². The minimum absolute atomic E-state index is 0.219. The van der Waals surface area contributed by atoms with Crippen LogP contribution in [-0.2, 0) is 33.2 Å². The monoisotopic (exact) mass is 841 g/mol. The van der Waals surface area contributed by atoms with Gasteiger partial charge in [-0.05, 0) is 19.3 Å². The summed E-state index contributed by atoms with van der Waals surface area (Å²) < 4.78 is 33.7. The van der Waals surface area contributed by atoms with Crippen LogP contribution in [-0.4, -0.2) is 193 Å². The van der Waals surface area contributed by atoms with Gasteiger partial charge in [-0.15, -0.1) is 0 Å². The van der Waals surface area contributed by atoms with Crippen molar-refractivity contribution < 1.29 is 89.4 Å². The van der Waals surface area contributed by atoms with Crippen LogP contribution in [0.4, 0.5) is 0 Å². The van der Waals surface area contributed by atoms with Crippen LogP contribution < -0.4 is 5.32 Å². The lowest BCUT2D eigenvalue weighted by Crippen LogP contribution is -2.66. The lowest BCUT2D eigenvalue weighted by molar-refractivity contribution is -0.379. The molecule has 58 heavy (non-hydrogen) atoms. The number of carbonyl (C=O) groups is 1. The Morgan fingerprint density at radius 1 is 0.603 bits per heavy atom. The van der Waals surface area contributed by atoms with Gasteiger partial charge in [0, 0.05) is 6.42 Å². The quantitative estimate of drug-likeness (QED) is 0.0330. The summed E-state index contributed by atoms with van der Waals surface area (Å²) in [5.41, 5.74) is 0. The van der Waals surface area contributed by atoms with Gasteiger partial charge in [0.15, 0.2) is 18.9 Å². The molecule has 12 N–H and O–H groups in total. The van der Waals surface area contributed by atoms with E-state index in [4.69, 9.17) is 28.4 Å². The van der Waals surface area contributed by atoms with Crippen molar-refractivity contribution in [2.45, 2.75) is 202 Å². The molecule has 0 radical (unpaired) electrons. The van der Waals surface area contributed by atoms with Crippen LogP contribution in [0.2, 0.25) is 0 Å². The van der Waals surface area contributed by atoms with E-state index in [0.29, 0.717) is 6.42 Å². The summed E-state index contributed by atoms with van der Waals surface area (Å²) in [6.07, 6.45) is -10.3. The van der Waals surface area contributed by atoms with Crippen molar-refractivity contribution in [2.24, 2.45) is 0 Å². The normalized spacial score (nSPS) is 36.9. The van der Waals surface area contributed by atoms with Gasteiger partial charge in [-0.25, -0.2) is 0 Å². The lowest BCUT2D eigenvalue weighted by atomic mass is 9.96. The molecule has 0 bridgehead atoms. The molecule has 3 rings (SSSR count). The number of ether oxygens (including phenoxy) is 6. The summed E-state index contributed by atoms with van der Waals surface area (Å²) in [7, 11) is 0. The summed E-state index contributed by atoms with van der Waals surface area (Å²) >= 11 is 0. The minimum Gasteiger partial charge on any atom is -0.394 e. The molecule has 1 amide bonds. The second-order valence-corrected chi connectivity index (χ2v) is 15.5. The van der Waals surface area contributed by atoms with Gasteiger partial charge in [0.2, 0.25) is 5.91 Å². The maximum Gasteiger partial charge on any atom is 0.220 e. The van der Waals surface area contributed by atoms with E-state index in [2.05, 4.69) is 12.2 Å². The molecule has 0 saturated carbocycles. The Morgan fingerprint density at radius 2 is 1.07 bits per heavy atom. The first-order valence-corrected chi connectivity index (χ1v) is 20.9. The number of rotatable bonds is 26. The maximum atomic E-state index is 12.7. The van der Waals surface area contributed by atoms with Gasteiger partial charge in [-0.2, -0.15) is 0 Å². The first-order valence-electron chi connectivity index (χ1n) is 20.9. The summed E-state index contributed by atoms with van der Waals surface area (Å²) in [5, 5.41) is 118. The molecule has 340 valence electrons. The average Bonchev–Trinajstić information content (AvgIpc) is 3.22. The second kappa shape index (κ2) is 26.8. The standard InChI is InChI=1S/C39H71NO18/c1-3-5-7-8-9-10-11-12-13-14-15-16-23(44)22(40-27(45)17-6-4-2)21-53-37-33(51)30(48)35(25(19-42)55-37)58-39-34(52)31(49)36(26(20-43)56-39)57-38-32(50)29(47)28(46)24(18-41)54-38/h15-16,22-26,28-39,41-44,46-52H,3-14,17-21H2,1-2H3,(H,40,45)/b16-15+. The first-order chi connectivity index (χ1) is 27.8. The molecule has 0 aliphatic carbocycles. The van der Waals surface area contributed by atoms with E-state index in [-0.39, 0.29) is 18.9 Å². The van der Waals surface area contributed by atoms with Crippen LogP contribution in [0.15, 0.2) is 12.2 Å². The molecule has 3 aliphatic rings. The Bertz CT molecular complexity index is 1150. The van der Waals surface area contributed by atoms with Crippen molar-refractivity contribution in [1.29, 1.82) is 0 Å². The van der Waals surface area contributed by atoms with Crippen molar-refractivity contribution in [3.05, 3.63) is 12.2 Å². The van der Waals surface area contributed by atoms with E-state index in [9.17, 15) is 61.0 Å². The van der Waals surface area contributed by atoms with Gasteiger partial charge in [0.1, 0.15) is 73.2 Å². The van der Waals surface area contributed by atoms with E-state index < -0.39 is 124 Å². The van der Waals surface area contributed by atoms with Crippen LogP contribution >= 0.6 is 0 Å². The Kier molecular flexibility index (Phi) is 23.5. The Balaban J connectivity index is 1.59. The van der Waals surface area contributed by atoms with Crippen molar-refractivity contribution in [3.63, 3.8) is 0 Å². The molecule has 3 fully saturated rings. The van der Waals surface area contributed by atoms with E-state index in [1.54, 1.807) is 6.08 Å². The Hall–Kier alpha value is -1.47. The Labute approximate surface area is 340 Å². The highest BCUT2D eigenvalue weighted by molar-refractivity contribution is 5.76. The summed E-state index contributed by atoms with van der Waals surface area (Å²) in [6.45, 7) is 1.36. The summed E-state index contributed by atoms with van der Waals surface area (Å²) in [6, 6.07) is -0.959. The fourth-order valence-corrected chi connectivity index (χ4v) is 7.16. The van der Waals surface area contributed by atoms with Crippen LogP contribution in [0, 0.1) is 0 Å². The van der Waals surface area contributed by atoms with Crippen LogP contribution in [0.5, 0.6) is 0 Å². The molecular formula is C39H71NO18. The molecule has 19 heteroatoms. The van der Waals surface area contributed by atoms with E-state index in [0.717, 1.165) is 32.1 Å². The number of carbonyl (C=O) groups excluding carboxylic acids is 1. The van der Waals surface area contributed by atoms with E-state index in [1.165, 1.54) is 38.5 Å². The van der Waals surface area contributed by atoms with Gasteiger partial charge in [0.25, 0.3) is 0 Å². The number of amides is 1. The van der Waals surface area contributed by atoms with Crippen LogP contribution in [0.1, 0.15) is 97.3 Å². The average molecular weight is 842 g/mol. The highest BCUT2D eigenvalue weighted by Crippen LogP contribution is 2.32. The van der Waals surface area contributed by atoms with Gasteiger partial charge >= 0.3 is 0 Å². The maximum absolute atomic E-state index is 12.7. The number of hydrogen-bond acceptors (Lipinski definition) is 18. The van der Waals surface area contributed by atoms with Gasteiger partial charge in [0.05, 0.1) is 38.6 Å². The molecular weight excluding hydrogens is 770 g/mol. The lowest BCUT2D eigenvalue weighted by Gasteiger charge is -2.48. The number of hydrogen-bond donors (Lipinski definition) is 12. The molecule has 17 unspecified atom stereocenters. The number of aliphatic hydroxyl groups is 11. The van der Waals surface area contributed by atoms with Crippen molar-refractivity contribution >= 4 is 5.91 Å². The number of nitrogens with one attached hydrogen (secondary N) is 1. The minimum atomic E-state index is -1.97. The van der Waals surface area contributed by atoms with Crippen LogP contribution in [0.25, 0.3) is 0 Å². The molecule has 3 heterocycles. The molecule has 3 aliphatic heterocycles. The topological polar surface area (TPSA) is 307 Å². The molecule has 3 saturated heterocycles. The zero-order valence-corrected chi connectivity index (χ0v) is 33.8. The second-order valence-electron chi connectivity index (χ2n) is 15.5. The predicted octanol–water partition coefficient (Wildman–Crippen LogP) is -2.04. The first kappa shape index (κ1) is 50.9. The van der Waals surface area contributed by atoms with E-state index in [1.807, 2.05) is 13.0 Å². The SMILES string of the molecule is CCCCCCCCCCC/C=C/C(O)C(COC1OC(CO)C(OC2OC(CO)C(OC3OC(CO)C(O)C(O)C3O)C(O)C2O)C(O)C1O)NC(=O)CCCC. The summed E-state index contributed by atoms with van der Waals surface area (Å²) in [4.78, 5) is 12.7. The smallest absolute Gasteiger partial charge is 0.220 e. The molecule has 19 nitrogen and oxygen atoms in total. The van der Waals surface area contributed by atoms with Gasteiger partial charge in [-0.3, -0.25) is 4.79 Å². The Morgan fingerprint density at radius 3 is 1.60 bits per heavy atom. The van der Waals surface area contributed by atoms with Crippen molar-refractivity contribution in [1.82, 2.24) is 5.32 Å². The van der Waals surface area contributed by atoms with Crippen molar-refractivity contribution in [2.75, 3.05) is 26.4 Å². The highest BCUT2D eigenvalue weighted by atomic mass is 16.8. The molecule has 0 aromatic rings. The number of allylic oxidation sites excluding steroid dienone is 1. The zero-order chi connectivity index (χ0) is 42.8. The third kappa shape index (κ3) is 14.9. The highest BCUT2D eigenvalue weighted by Gasteiger charge is 2.53. The third-order valence-corrected chi connectivity index (χ3v) is 10.8. The molecule has 0 aromatic carbocycles. The summed E-state index contributed by atoms with van der Waals surface area (Å²) in [5.74, 6) is -0.316. The fraction of sp³-hybridized carbons (Fsp3) is 0.923. The van der Waals surface area contributed by atoms with Gasteiger partial charge < -0.3 is 89.9 Å². The molecule has 0 aromatic heterocycles. The number of aliphatic hydroxyl groups excluding tert-OH is 11. The molecule has 17 atom stereocenters. The van der Waals surface area contributed by atoms with Crippen molar-refractivity contribution in [3.8, 4) is 0 Å². The van der Waals surface area contributed by atoms with Crippen LogP contribution in [0.3, 0.4) is 0 Å². The number of unbranched alkanes of at least 4 members (excludes halogenated alkanes) is 10. The fourth-order valence-electron chi connectivity index (χ4n) is 7.16. The van der Waals surface area contributed by atoms with Gasteiger partial charge in [-0.1, -0.05) is 83.8 Å². The molecule has 0 spiro atoms. The zero-order valence-electron chi connectivity index (χ0n) is 33.8. The third-order valence-electron chi connectivity index (χ3n) is 10.8.